The minimum atomic E-state index is -1.03. The molecule has 186 valence electrons. The van der Waals surface area contributed by atoms with Crippen molar-refractivity contribution in [2.45, 2.75) is 13.0 Å². The summed E-state index contributed by atoms with van der Waals surface area (Å²) in [6.07, 6.45) is 0.353. The van der Waals surface area contributed by atoms with Gasteiger partial charge in [-0.05, 0) is 47.5 Å². The molecule has 4 aromatic rings. The fourth-order valence-corrected chi connectivity index (χ4v) is 3.56. The molecular formula is C26H23FN3NaO6. The number of methoxy groups -OCH3 is 1. The van der Waals surface area contributed by atoms with Crippen LogP contribution in [0.15, 0.2) is 65.5 Å². The SMILES string of the molecule is COc1cccc(CNC(=O)c2nc3ccc(F)c(OCCc4ccc(C(=O)O)cc4)c3c(=O)[nH]2)c1.[H-].[Na+]. The van der Waals surface area contributed by atoms with Crippen molar-refractivity contribution >= 4 is 22.8 Å². The van der Waals surface area contributed by atoms with Crippen LogP contribution in [0.5, 0.6) is 11.5 Å². The van der Waals surface area contributed by atoms with Crippen molar-refractivity contribution < 1.29 is 59.5 Å². The molecule has 1 aromatic heterocycles. The number of carbonyl (C=O) groups is 2. The number of nitrogens with one attached hydrogen (secondary N) is 2. The summed E-state index contributed by atoms with van der Waals surface area (Å²) in [6.45, 7) is 0.216. The smallest absolute Gasteiger partial charge is 1.00 e. The van der Waals surface area contributed by atoms with Gasteiger partial charge in [0.1, 0.15) is 11.1 Å². The van der Waals surface area contributed by atoms with Crippen molar-refractivity contribution in [1.82, 2.24) is 15.3 Å². The Morgan fingerprint density at radius 2 is 1.86 bits per heavy atom. The standard InChI is InChI=1S/C26H22FN3O6.Na.H/c1-35-18-4-2-3-16(13-18)14-28-25(32)23-29-20-10-9-19(27)22(21(20)24(31)30-23)36-12-11-15-5-7-17(8-6-15)26(33)34;;/h2-10,13H,11-12,14H2,1H3,(H,28,32)(H,33,34)(H,29,30,31);;/q;+1;-1. The van der Waals surface area contributed by atoms with E-state index in [2.05, 4.69) is 15.3 Å². The molecule has 4 rings (SSSR count). The van der Waals surface area contributed by atoms with Crippen LogP contribution in [-0.2, 0) is 13.0 Å². The number of H-pyrrole nitrogens is 1. The van der Waals surface area contributed by atoms with Crippen LogP contribution in [0.2, 0.25) is 0 Å². The Hall–Kier alpha value is -3.73. The third kappa shape index (κ3) is 6.73. The minimum Gasteiger partial charge on any atom is -1.00 e. The van der Waals surface area contributed by atoms with Gasteiger partial charge in [0.25, 0.3) is 11.5 Å². The largest absolute Gasteiger partial charge is 1.00 e. The van der Waals surface area contributed by atoms with Gasteiger partial charge in [-0.25, -0.2) is 14.2 Å². The summed E-state index contributed by atoms with van der Waals surface area (Å²) in [5.41, 5.74) is 1.11. The van der Waals surface area contributed by atoms with E-state index in [0.717, 1.165) is 17.2 Å². The molecule has 0 saturated heterocycles. The summed E-state index contributed by atoms with van der Waals surface area (Å²) in [7, 11) is 1.54. The van der Waals surface area contributed by atoms with E-state index in [1.807, 2.05) is 6.07 Å². The van der Waals surface area contributed by atoms with Crippen LogP contribution in [-0.4, -0.2) is 40.7 Å². The van der Waals surface area contributed by atoms with E-state index in [1.54, 1.807) is 37.4 Å². The van der Waals surface area contributed by atoms with E-state index in [0.29, 0.717) is 12.2 Å². The maximum atomic E-state index is 14.5. The molecule has 0 unspecified atom stereocenters. The van der Waals surface area contributed by atoms with Crippen LogP contribution >= 0.6 is 0 Å². The van der Waals surface area contributed by atoms with Crippen molar-refractivity contribution in [2.75, 3.05) is 13.7 Å². The molecule has 0 atom stereocenters. The van der Waals surface area contributed by atoms with E-state index in [4.69, 9.17) is 14.6 Å². The Balaban J connectivity index is 0.00000253. The predicted molar refractivity (Wildman–Crippen MR) is 130 cm³/mol. The monoisotopic (exact) mass is 515 g/mol. The van der Waals surface area contributed by atoms with Crippen LogP contribution in [0.25, 0.3) is 10.9 Å². The summed E-state index contributed by atoms with van der Waals surface area (Å²) in [5.74, 6) is -2.22. The average molecular weight is 515 g/mol. The third-order valence-corrected chi connectivity index (χ3v) is 5.42. The molecule has 11 heteroatoms. The molecule has 3 N–H and O–H groups in total. The number of aromatic nitrogens is 2. The fraction of sp³-hybridized carbons (Fsp3) is 0.154. The Morgan fingerprint density at radius 1 is 1.11 bits per heavy atom. The van der Waals surface area contributed by atoms with Crippen molar-refractivity contribution in [3.8, 4) is 11.5 Å². The number of hydrogen-bond acceptors (Lipinski definition) is 6. The van der Waals surface area contributed by atoms with Crippen LogP contribution in [0.1, 0.15) is 33.5 Å². The van der Waals surface area contributed by atoms with Crippen molar-refractivity contribution in [2.24, 2.45) is 0 Å². The summed E-state index contributed by atoms with van der Waals surface area (Å²) in [6, 6.07) is 15.8. The number of fused-ring (bicyclic) bond motifs is 1. The Bertz CT molecular complexity index is 1500. The van der Waals surface area contributed by atoms with E-state index in [9.17, 15) is 18.8 Å². The van der Waals surface area contributed by atoms with Gasteiger partial charge in [-0.1, -0.05) is 24.3 Å². The molecule has 0 spiro atoms. The number of rotatable bonds is 9. The number of carboxylic acids is 1. The molecule has 0 aliphatic carbocycles. The molecule has 0 radical (unpaired) electrons. The average Bonchev–Trinajstić information content (AvgIpc) is 2.88. The molecule has 1 amide bonds. The minimum absolute atomic E-state index is 0. The Kier molecular flexibility index (Phi) is 9.40. The van der Waals surface area contributed by atoms with Gasteiger partial charge in [-0.15, -0.1) is 0 Å². The van der Waals surface area contributed by atoms with E-state index in [-0.39, 0.29) is 72.2 Å². The summed E-state index contributed by atoms with van der Waals surface area (Å²) in [5, 5.41) is 11.5. The zero-order chi connectivity index (χ0) is 25.7. The third-order valence-electron chi connectivity index (χ3n) is 5.42. The molecule has 37 heavy (non-hydrogen) atoms. The second kappa shape index (κ2) is 12.5. The number of amides is 1. The number of benzene rings is 3. The van der Waals surface area contributed by atoms with Crippen molar-refractivity contribution in [1.29, 1.82) is 0 Å². The molecule has 0 aliphatic heterocycles. The van der Waals surface area contributed by atoms with Gasteiger partial charge in [0.2, 0.25) is 0 Å². The number of hydrogen-bond donors (Lipinski definition) is 3. The Morgan fingerprint density at radius 3 is 2.57 bits per heavy atom. The van der Waals surface area contributed by atoms with Gasteiger partial charge in [-0.3, -0.25) is 9.59 Å². The van der Waals surface area contributed by atoms with Crippen LogP contribution in [0.3, 0.4) is 0 Å². The maximum Gasteiger partial charge on any atom is 1.00 e. The molecule has 3 aromatic carbocycles. The zero-order valence-electron chi connectivity index (χ0n) is 21.2. The predicted octanol–water partition coefficient (Wildman–Crippen LogP) is 0.437. The molecule has 0 fully saturated rings. The van der Waals surface area contributed by atoms with E-state index in [1.165, 1.54) is 18.2 Å². The van der Waals surface area contributed by atoms with Gasteiger partial charge >= 0.3 is 35.5 Å². The van der Waals surface area contributed by atoms with E-state index >= 15 is 0 Å². The number of carboxylic acid groups (broad SMARTS) is 1. The van der Waals surface area contributed by atoms with Crippen LogP contribution < -0.4 is 49.9 Å². The fourth-order valence-electron chi connectivity index (χ4n) is 3.56. The van der Waals surface area contributed by atoms with Crippen LogP contribution in [0.4, 0.5) is 4.39 Å². The van der Waals surface area contributed by atoms with Gasteiger partial charge in [0.15, 0.2) is 17.4 Å². The maximum absolute atomic E-state index is 14.5. The summed E-state index contributed by atoms with van der Waals surface area (Å²) < 4.78 is 25.3. The molecule has 0 bridgehead atoms. The topological polar surface area (TPSA) is 131 Å². The van der Waals surface area contributed by atoms with Gasteiger partial charge in [-0.2, -0.15) is 0 Å². The zero-order valence-corrected chi connectivity index (χ0v) is 22.2. The summed E-state index contributed by atoms with van der Waals surface area (Å²) in [4.78, 5) is 42.9. The molecular weight excluding hydrogens is 492 g/mol. The van der Waals surface area contributed by atoms with Crippen molar-refractivity contribution in [3.63, 3.8) is 0 Å². The first-order chi connectivity index (χ1) is 17.4. The van der Waals surface area contributed by atoms with Gasteiger partial charge < -0.3 is 26.3 Å². The number of ether oxygens (including phenoxy) is 2. The number of carbonyl (C=O) groups excluding carboxylic acids is 1. The normalized spacial score (nSPS) is 10.4. The Labute approximate surface area is 234 Å². The molecule has 0 aliphatic rings. The number of aromatic amines is 1. The first-order valence-corrected chi connectivity index (χ1v) is 10.9. The first-order valence-electron chi connectivity index (χ1n) is 10.9. The van der Waals surface area contributed by atoms with Crippen LogP contribution in [0, 0.1) is 5.82 Å². The van der Waals surface area contributed by atoms with Gasteiger partial charge in [0, 0.05) is 13.0 Å². The first kappa shape index (κ1) is 27.9. The number of nitrogens with zero attached hydrogens (tertiary/aromatic N) is 1. The van der Waals surface area contributed by atoms with Gasteiger partial charge in [0.05, 0.1) is 24.8 Å². The quantitative estimate of drug-likeness (QED) is 0.276. The summed E-state index contributed by atoms with van der Waals surface area (Å²) >= 11 is 0. The van der Waals surface area contributed by atoms with E-state index < -0.39 is 23.3 Å². The number of halogens is 1. The van der Waals surface area contributed by atoms with Crippen molar-refractivity contribution in [3.05, 3.63) is 99.3 Å². The second-order valence-corrected chi connectivity index (χ2v) is 7.82. The molecule has 1 heterocycles. The molecule has 9 nitrogen and oxygen atoms in total. The molecule has 0 saturated carbocycles. The number of aromatic carboxylic acids is 1. The second-order valence-electron chi connectivity index (χ2n) is 7.82.